The van der Waals surface area contributed by atoms with Gasteiger partial charge in [-0.3, -0.25) is 10.1 Å². The van der Waals surface area contributed by atoms with Crippen molar-refractivity contribution in [3.8, 4) is 0 Å². The van der Waals surface area contributed by atoms with Crippen LogP contribution in [0.2, 0.25) is 0 Å². The Kier molecular flexibility index (Phi) is 6.08. The molecular weight excluding hydrogens is 323 g/mol. The second-order valence-corrected chi connectivity index (χ2v) is 7.03. The van der Waals surface area contributed by atoms with Gasteiger partial charge in [-0.25, -0.2) is 13.1 Å². The summed E-state index contributed by atoms with van der Waals surface area (Å²) < 4.78 is 39.8. The molecule has 0 aliphatic rings. The van der Waals surface area contributed by atoms with E-state index in [-0.39, 0.29) is 11.9 Å². The minimum absolute atomic E-state index is 0.228. The zero-order chi connectivity index (χ0) is 16.2. The van der Waals surface area contributed by atoms with Gasteiger partial charge in [0.1, 0.15) is 0 Å². The number of thioether (sulfide) groups is 1. The molecule has 2 N–H and O–H groups in total. The van der Waals surface area contributed by atoms with Crippen molar-refractivity contribution in [1.82, 2.24) is 4.72 Å². The summed E-state index contributed by atoms with van der Waals surface area (Å²) in [5, 5.41) is 19.4. The van der Waals surface area contributed by atoms with E-state index in [1.807, 2.05) is 0 Å². The van der Waals surface area contributed by atoms with E-state index in [0.29, 0.717) is 6.07 Å². The lowest BCUT2D eigenvalue weighted by Gasteiger charge is -2.21. The van der Waals surface area contributed by atoms with Gasteiger partial charge >= 0.3 is 5.69 Å². The molecule has 0 radical (unpaired) electrons. The molecule has 0 aromatic heterocycles. The molecule has 0 heterocycles. The molecule has 0 aliphatic carbocycles. The van der Waals surface area contributed by atoms with Gasteiger partial charge in [-0.05, 0) is 25.3 Å². The van der Waals surface area contributed by atoms with Crippen LogP contribution in [0.4, 0.5) is 10.1 Å². The summed E-state index contributed by atoms with van der Waals surface area (Å²) in [7, 11) is -4.04. The number of nitrogens with one attached hydrogen (secondary N) is 1. The van der Waals surface area contributed by atoms with Crippen molar-refractivity contribution in [3.63, 3.8) is 0 Å². The third kappa shape index (κ3) is 4.37. The molecular formula is C11H15FN2O5S2. The highest BCUT2D eigenvalue weighted by Gasteiger charge is 2.25. The number of benzene rings is 1. The van der Waals surface area contributed by atoms with E-state index in [0.717, 1.165) is 12.1 Å². The Bertz CT molecular complexity index is 619. The Labute approximate surface area is 125 Å². The van der Waals surface area contributed by atoms with Crippen LogP contribution in [0.1, 0.15) is 6.92 Å². The molecule has 0 saturated heterocycles. The monoisotopic (exact) mass is 338 g/mol. The molecule has 2 unspecified atom stereocenters. The van der Waals surface area contributed by atoms with Gasteiger partial charge in [0.2, 0.25) is 15.8 Å². The first-order valence-electron chi connectivity index (χ1n) is 5.83. The Morgan fingerprint density at radius 2 is 2.14 bits per heavy atom. The van der Waals surface area contributed by atoms with Crippen LogP contribution in [-0.4, -0.2) is 42.6 Å². The predicted molar refractivity (Wildman–Crippen MR) is 77.2 cm³/mol. The van der Waals surface area contributed by atoms with E-state index < -0.39 is 37.4 Å². The van der Waals surface area contributed by atoms with Gasteiger partial charge < -0.3 is 5.11 Å². The van der Waals surface area contributed by atoms with E-state index in [9.17, 15) is 22.9 Å². The van der Waals surface area contributed by atoms with E-state index in [1.165, 1.54) is 11.8 Å². The fraction of sp³-hybridized carbons (Fsp3) is 0.455. The number of sulfonamides is 1. The Morgan fingerprint density at radius 3 is 2.62 bits per heavy atom. The number of nitrogens with zero attached hydrogens (tertiary/aromatic N) is 1. The fourth-order valence-corrected chi connectivity index (χ4v) is 3.64. The van der Waals surface area contributed by atoms with Gasteiger partial charge in [-0.1, -0.05) is 0 Å². The number of hydrogen-bond acceptors (Lipinski definition) is 6. The summed E-state index contributed by atoms with van der Waals surface area (Å²) in [6, 6.07) is 1.75. The molecule has 21 heavy (non-hydrogen) atoms. The number of halogens is 1. The quantitative estimate of drug-likeness (QED) is 0.569. The summed E-state index contributed by atoms with van der Waals surface area (Å²) in [5.74, 6) is -1.11. The smallest absolute Gasteiger partial charge is 0.306 e. The van der Waals surface area contributed by atoms with Crippen LogP contribution in [0.5, 0.6) is 0 Å². The Morgan fingerprint density at radius 1 is 1.52 bits per heavy atom. The summed E-state index contributed by atoms with van der Waals surface area (Å²) >= 11 is 1.28. The Balaban J connectivity index is 3.09. The van der Waals surface area contributed by atoms with E-state index in [2.05, 4.69) is 4.72 Å². The fourth-order valence-electron chi connectivity index (χ4n) is 1.62. The normalized spacial score (nSPS) is 14.7. The lowest BCUT2D eigenvalue weighted by molar-refractivity contribution is -0.387. The van der Waals surface area contributed by atoms with Crippen LogP contribution in [0.15, 0.2) is 23.1 Å². The van der Waals surface area contributed by atoms with E-state index in [1.54, 1.807) is 13.2 Å². The van der Waals surface area contributed by atoms with Gasteiger partial charge in [0.05, 0.1) is 16.4 Å². The van der Waals surface area contributed by atoms with Crippen molar-refractivity contribution in [2.75, 3.05) is 12.9 Å². The van der Waals surface area contributed by atoms with Gasteiger partial charge in [0.15, 0.2) is 0 Å². The molecule has 1 aromatic rings. The van der Waals surface area contributed by atoms with Crippen molar-refractivity contribution in [1.29, 1.82) is 0 Å². The number of nitro groups is 1. The molecule has 0 amide bonds. The molecule has 0 aliphatic heterocycles. The Hall–Kier alpha value is -1.23. The highest BCUT2D eigenvalue weighted by Crippen LogP contribution is 2.22. The summed E-state index contributed by atoms with van der Waals surface area (Å²) in [5.41, 5.74) is -0.908. The van der Waals surface area contributed by atoms with Crippen LogP contribution in [0.3, 0.4) is 0 Å². The first-order valence-corrected chi connectivity index (χ1v) is 8.60. The minimum atomic E-state index is -4.04. The first kappa shape index (κ1) is 17.8. The standard InChI is InChI=1S/C11H15FN2O5S2/c1-7(11(6-15)20-2)13-21(18,19)8-3-4-9(12)10(5-8)14(16)17/h3-5,7,11,13,15H,6H2,1-2H3. The van der Waals surface area contributed by atoms with Crippen molar-refractivity contribution in [2.45, 2.75) is 23.1 Å². The third-order valence-corrected chi connectivity index (χ3v) is 5.53. The van der Waals surface area contributed by atoms with Gasteiger partial charge in [-0.2, -0.15) is 16.2 Å². The molecule has 0 saturated carbocycles. The van der Waals surface area contributed by atoms with Gasteiger partial charge in [-0.15, -0.1) is 0 Å². The number of aliphatic hydroxyl groups excluding tert-OH is 1. The second-order valence-electron chi connectivity index (χ2n) is 4.24. The maximum atomic E-state index is 13.2. The number of rotatable bonds is 7. The topological polar surface area (TPSA) is 110 Å². The maximum Gasteiger partial charge on any atom is 0.306 e. The molecule has 0 spiro atoms. The number of hydrogen-bond donors (Lipinski definition) is 2. The average molecular weight is 338 g/mol. The van der Waals surface area contributed by atoms with Crippen molar-refractivity contribution in [3.05, 3.63) is 34.1 Å². The second kappa shape index (κ2) is 7.16. The summed E-state index contributed by atoms with van der Waals surface area (Å²) in [4.78, 5) is 9.25. The van der Waals surface area contributed by atoms with Crippen molar-refractivity contribution < 1.29 is 22.8 Å². The largest absolute Gasteiger partial charge is 0.395 e. The maximum absolute atomic E-state index is 13.2. The van der Waals surface area contributed by atoms with Crippen molar-refractivity contribution in [2.24, 2.45) is 0 Å². The molecule has 0 fully saturated rings. The average Bonchev–Trinajstić information content (AvgIpc) is 2.39. The number of nitro benzene ring substituents is 1. The molecule has 118 valence electrons. The van der Waals surface area contributed by atoms with Crippen LogP contribution in [0.25, 0.3) is 0 Å². The lowest BCUT2D eigenvalue weighted by atomic mass is 10.3. The third-order valence-electron chi connectivity index (χ3n) is 2.81. The zero-order valence-electron chi connectivity index (χ0n) is 11.3. The van der Waals surface area contributed by atoms with Crippen LogP contribution in [-0.2, 0) is 10.0 Å². The van der Waals surface area contributed by atoms with Gasteiger partial charge in [0, 0.05) is 17.4 Å². The zero-order valence-corrected chi connectivity index (χ0v) is 12.9. The summed E-state index contributed by atoms with van der Waals surface area (Å²) in [6.45, 7) is 1.33. The van der Waals surface area contributed by atoms with Crippen molar-refractivity contribution >= 4 is 27.5 Å². The molecule has 0 bridgehead atoms. The summed E-state index contributed by atoms with van der Waals surface area (Å²) in [6.07, 6.45) is 1.72. The molecule has 1 rings (SSSR count). The van der Waals surface area contributed by atoms with Crippen LogP contribution in [0, 0.1) is 15.9 Å². The number of aliphatic hydroxyl groups is 1. The molecule has 1 aromatic carbocycles. The van der Waals surface area contributed by atoms with E-state index >= 15 is 0 Å². The SMILES string of the molecule is CSC(CO)C(C)NS(=O)(=O)c1ccc(F)c([N+](=O)[O-])c1. The molecule has 2 atom stereocenters. The van der Waals surface area contributed by atoms with Crippen LogP contribution < -0.4 is 4.72 Å². The highest BCUT2D eigenvalue weighted by molar-refractivity contribution is 7.99. The molecule has 7 nitrogen and oxygen atoms in total. The minimum Gasteiger partial charge on any atom is -0.395 e. The van der Waals surface area contributed by atoms with Crippen LogP contribution >= 0.6 is 11.8 Å². The lowest BCUT2D eigenvalue weighted by Crippen LogP contribution is -2.41. The molecule has 10 heteroatoms. The van der Waals surface area contributed by atoms with E-state index in [4.69, 9.17) is 5.11 Å². The predicted octanol–water partition coefficient (Wildman–Crippen LogP) is 1.12. The highest BCUT2D eigenvalue weighted by atomic mass is 32.2. The van der Waals surface area contributed by atoms with Gasteiger partial charge in [0.25, 0.3) is 0 Å². The first-order chi connectivity index (χ1) is 9.72.